The summed E-state index contributed by atoms with van der Waals surface area (Å²) in [5, 5.41) is 2.85. The Labute approximate surface area is 183 Å². The number of rotatable bonds is 7. The number of benzene rings is 1. The van der Waals surface area contributed by atoms with Gasteiger partial charge in [-0.3, -0.25) is 4.79 Å². The van der Waals surface area contributed by atoms with E-state index in [9.17, 15) is 13.2 Å². The van der Waals surface area contributed by atoms with Gasteiger partial charge in [0.15, 0.2) is 15.7 Å². The van der Waals surface area contributed by atoms with Gasteiger partial charge in [0.05, 0.1) is 23.2 Å². The summed E-state index contributed by atoms with van der Waals surface area (Å²) >= 11 is 0. The van der Waals surface area contributed by atoms with E-state index in [-0.39, 0.29) is 16.7 Å². The van der Waals surface area contributed by atoms with Gasteiger partial charge < -0.3 is 10.1 Å². The summed E-state index contributed by atoms with van der Waals surface area (Å²) < 4.78 is 28.4. The molecule has 1 aromatic carbocycles. The number of aromatic nitrogens is 2. The van der Waals surface area contributed by atoms with Gasteiger partial charge in [-0.15, -0.1) is 0 Å². The molecule has 1 saturated carbocycles. The molecule has 0 saturated heterocycles. The van der Waals surface area contributed by atoms with Crippen LogP contribution in [0, 0.1) is 17.8 Å². The highest BCUT2D eigenvalue weighted by Crippen LogP contribution is 2.35. The van der Waals surface area contributed by atoms with E-state index in [4.69, 9.17) is 4.74 Å². The van der Waals surface area contributed by atoms with E-state index in [1.807, 2.05) is 0 Å². The van der Waals surface area contributed by atoms with Crippen LogP contribution in [0.25, 0.3) is 0 Å². The van der Waals surface area contributed by atoms with Crippen LogP contribution in [0.2, 0.25) is 0 Å². The summed E-state index contributed by atoms with van der Waals surface area (Å²) in [6.07, 6.45) is 9.47. The molecule has 3 rings (SSSR count). The minimum absolute atomic E-state index is 0.175. The van der Waals surface area contributed by atoms with E-state index >= 15 is 0 Å². The second-order valence-corrected chi connectivity index (χ2v) is 9.81. The average Bonchev–Trinajstić information content (AvgIpc) is 3.26. The van der Waals surface area contributed by atoms with Gasteiger partial charge in [-0.05, 0) is 36.0 Å². The summed E-state index contributed by atoms with van der Waals surface area (Å²) in [4.78, 5) is 21.8. The molecule has 7 nitrogen and oxygen atoms in total. The van der Waals surface area contributed by atoms with Crippen LogP contribution in [-0.4, -0.2) is 44.3 Å². The van der Waals surface area contributed by atoms with Crippen molar-refractivity contribution in [1.82, 2.24) is 9.97 Å². The zero-order chi connectivity index (χ0) is 22.3. The molecule has 2 aromatic rings. The summed E-state index contributed by atoms with van der Waals surface area (Å²) in [6.45, 7) is 0.307. The van der Waals surface area contributed by atoms with Crippen LogP contribution >= 0.6 is 0 Å². The molecule has 1 atom stereocenters. The SMILES string of the molecule is COCC#Cc1cnc(NC(=O)C(CC2CCCC2)c2ccc(S(C)(=O)=O)cc2)cn1. The Bertz CT molecular complexity index is 1050. The Morgan fingerprint density at radius 3 is 2.48 bits per heavy atom. The number of amides is 1. The van der Waals surface area contributed by atoms with E-state index in [1.165, 1.54) is 31.5 Å². The Hall–Kier alpha value is -2.76. The highest BCUT2D eigenvalue weighted by Gasteiger charge is 2.27. The fraction of sp³-hybridized carbons (Fsp3) is 0.435. The summed E-state index contributed by atoms with van der Waals surface area (Å²) in [5.74, 6) is 5.90. The van der Waals surface area contributed by atoms with Crippen molar-refractivity contribution < 1.29 is 17.9 Å². The predicted molar refractivity (Wildman–Crippen MR) is 118 cm³/mol. The number of hydrogen-bond acceptors (Lipinski definition) is 6. The molecule has 1 amide bonds. The Morgan fingerprint density at radius 1 is 1.19 bits per heavy atom. The number of anilines is 1. The molecule has 0 radical (unpaired) electrons. The molecule has 164 valence electrons. The Morgan fingerprint density at radius 2 is 1.90 bits per heavy atom. The highest BCUT2D eigenvalue weighted by molar-refractivity contribution is 7.90. The Kier molecular flexibility index (Phi) is 7.77. The predicted octanol–water partition coefficient (Wildman–Crippen LogP) is 3.18. The maximum atomic E-state index is 13.1. The summed E-state index contributed by atoms with van der Waals surface area (Å²) in [7, 11) is -1.72. The monoisotopic (exact) mass is 441 g/mol. The van der Waals surface area contributed by atoms with Crippen LogP contribution < -0.4 is 5.32 Å². The number of sulfone groups is 1. The number of nitrogens with one attached hydrogen (secondary N) is 1. The number of nitrogens with zero attached hydrogens (tertiary/aromatic N) is 2. The lowest BCUT2D eigenvalue weighted by atomic mass is 9.87. The van der Waals surface area contributed by atoms with Gasteiger partial charge in [0.2, 0.25) is 5.91 Å². The van der Waals surface area contributed by atoms with E-state index in [0.29, 0.717) is 24.0 Å². The second-order valence-electron chi connectivity index (χ2n) is 7.79. The maximum absolute atomic E-state index is 13.1. The van der Waals surface area contributed by atoms with Crippen LogP contribution in [0.3, 0.4) is 0 Å². The first-order valence-electron chi connectivity index (χ1n) is 10.3. The third-order valence-electron chi connectivity index (χ3n) is 5.41. The van der Waals surface area contributed by atoms with E-state index in [2.05, 4.69) is 27.1 Å². The number of carbonyl (C=O) groups excluding carboxylic acids is 1. The van der Waals surface area contributed by atoms with Crippen LogP contribution in [-0.2, 0) is 19.4 Å². The van der Waals surface area contributed by atoms with Crippen molar-refractivity contribution in [1.29, 1.82) is 0 Å². The van der Waals surface area contributed by atoms with Gasteiger partial charge in [0, 0.05) is 13.4 Å². The zero-order valence-corrected chi connectivity index (χ0v) is 18.6. The van der Waals surface area contributed by atoms with E-state index < -0.39 is 9.84 Å². The fourth-order valence-corrected chi connectivity index (χ4v) is 4.42. The summed E-state index contributed by atoms with van der Waals surface area (Å²) in [5.41, 5.74) is 1.29. The number of hydrogen-bond donors (Lipinski definition) is 1. The molecule has 0 aliphatic heterocycles. The fourth-order valence-electron chi connectivity index (χ4n) is 3.79. The smallest absolute Gasteiger partial charge is 0.233 e. The molecule has 0 bridgehead atoms. The largest absolute Gasteiger partial charge is 0.372 e. The third-order valence-corrected chi connectivity index (χ3v) is 6.54. The minimum atomic E-state index is -3.29. The molecule has 31 heavy (non-hydrogen) atoms. The normalized spacial score (nSPS) is 15.2. The molecule has 1 fully saturated rings. The lowest BCUT2D eigenvalue weighted by Gasteiger charge is -2.20. The van der Waals surface area contributed by atoms with Crippen molar-refractivity contribution in [3.63, 3.8) is 0 Å². The molecule has 1 aliphatic carbocycles. The van der Waals surface area contributed by atoms with Crippen molar-refractivity contribution >= 4 is 21.6 Å². The molecule has 1 unspecified atom stereocenters. The minimum Gasteiger partial charge on any atom is -0.372 e. The van der Waals surface area contributed by atoms with Crippen molar-refractivity contribution in [2.24, 2.45) is 5.92 Å². The van der Waals surface area contributed by atoms with Crippen molar-refractivity contribution in [3.8, 4) is 11.8 Å². The first-order valence-corrected chi connectivity index (χ1v) is 12.2. The van der Waals surface area contributed by atoms with Crippen LogP contribution in [0.1, 0.15) is 49.3 Å². The standard InChI is InChI=1S/C23H27N3O4S/c1-30-13-5-8-19-15-25-22(16-24-19)26-23(27)21(14-17-6-3-4-7-17)18-9-11-20(12-10-18)31(2,28)29/h9-12,15-17,21H,3-4,6-7,13-14H2,1-2H3,(H,25,26,27). The van der Waals surface area contributed by atoms with Crippen LogP contribution in [0.5, 0.6) is 0 Å². The van der Waals surface area contributed by atoms with Gasteiger partial charge in [-0.2, -0.15) is 0 Å². The topological polar surface area (TPSA) is 98.2 Å². The lowest BCUT2D eigenvalue weighted by Crippen LogP contribution is -2.23. The number of methoxy groups -OCH3 is 1. The first kappa shape index (κ1) is 22.9. The molecular formula is C23H27N3O4S. The molecule has 1 aromatic heterocycles. The zero-order valence-electron chi connectivity index (χ0n) is 17.8. The van der Waals surface area contributed by atoms with Gasteiger partial charge in [-0.25, -0.2) is 18.4 Å². The first-order chi connectivity index (χ1) is 14.9. The van der Waals surface area contributed by atoms with E-state index in [1.54, 1.807) is 31.4 Å². The molecule has 8 heteroatoms. The summed E-state index contributed by atoms with van der Waals surface area (Å²) in [6, 6.07) is 6.59. The Balaban J connectivity index is 1.77. The van der Waals surface area contributed by atoms with Crippen molar-refractivity contribution in [2.75, 3.05) is 25.3 Å². The van der Waals surface area contributed by atoms with Gasteiger partial charge in [-0.1, -0.05) is 43.7 Å². The quantitative estimate of drug-likeness (QED) is 0.663. The molecule has 1 N–H and O–H groups in total. The second kappa shape index (κ2) is 10.5. The highest BCUT2D eigenvalue weighted by atomic mass is 32.2. The molecule has 0 spiro atoms. The van der Waals surface area contributed by atoms with Gasteiger partial charge in [0.25, 0.3) is 0 Å². The van der Waals surface area contributed by atoms with E-state index in [0.717, 1.165) is 24.8 Å². The van der Waals surface area contributed by atoms with Crippen molar-refractivity contribution in [3.05, 3.63) is 47.9 Å². The van der Waals surface area contributed by atoms with Crippen molar-refractivity contribution in [2.45, 2.75) is 42.9 Å². The van der Waals surface area contributed by atoms with Gasteiger partial charge >= 0.3 is 0 Å². The molecule has 1 aliphatic rings. The number of ether oxygens (including phenoxy) is 1. The van der Waals surface area contributed by atoms with Crippen LogP contribution in [0.15, 0.2) is 41.6 Å². The lowest BCUT2D eigenvalue weighted by molar-refractivity contribution is -0.118. The third kappa shape index (κ3) is 6.61. The van der Waals surface area contributed by atoms with Crippen LogP contribution in [0.4, 0.5) is 5.82 Å². The maximum Gasteiger partial charge on any atom is 0.233 e. The molecule has 1 heterocycles. The number of carbonyl (C=O) groups is 1. The average molecular weight is 442 g/mol. The molecular weight excluding hydrogens is 414 g/mol. The van der Waals surface area contributed by atoms with Gasteiger partial charge in [0.1, 0.15) is 12.3 Å².